The van der Waals surface area contributed by atoms with Crippen molar-refractivity contribution in [3.05, 3.63) is 209 Å². The van der Waals surface area contributed by atoms with Crippen molar-refractivity contribution in [2.75, 3.05) is 0 Å². The van der Waals surface area contributed by atoms with Crippen LogP contribution in [-0.4, -0.2) is 3.21 Å². The van der Waals surface area contributed by atoms with E-state index in [2.05, 4.69) is 126 Å². The minimum Gasteiger partial charge on any atom is -1.00 e. The average molecular weight is 891 g/mol. The summed E-state index contributed by atoms with van der Waals surface area (Å²) in [6.07, 6.45) is -3.35. The first-order chi connectivity index (χ1) is 26.6. The number of fused-ring (bicyclic) bond motifs is 3. The molecule has 0 radical (unpaired) electrons. The van der Waals surface area contributed by atoms with Crippen molar-refractivity contribution in [1.82, 2.24) is 0 Å². The van der Waals surface area contributed by atoms with Gasteiger partial charge in [0.1, 0.15) is 0 Å². The van der Waals surface area contributed by atoms with Crippen LogP contribution in [0.5, 0.6) is 0 Å². The zero-order valence-electron chi connectivity index (χ0n) is 33.7. The minimum absolute atomic E-state index is 0. The number of alkyl halides is 3. The molecule has 8 rings (SSSR count). The fraction of sp³-hybridized carbons (Fsp3) is 0.192. The van der Waals surface area contributed by atoms with Gasteiger partial charge in [-0.3, -0.25) is 0 Å². The van der Waals surface area contributed by atoms with Gasteiger partial charge in [0.2, 0.25) is 0 Å². The van der Waals surface area contributed by atoms with Gasteiger partial charge in [-0.15, -0.1) is 28.8 Å². The van der Waals surface area contributed by atoms with Gasteiger partial charge >= 0.3 is 118 Å². The second kappa shape index (κ2) is 19.7. The summed E-state index contributed by atoms with van der Waals surface area (Å²) in [6.45, 7) is 13.9. The van der Waals surface area contributed by atoms with Crippen LogP contribution >= 0.6 is 0 Å². The molecule has 0 bridgehead atoms. The fourth-order valence-electron chi connectivity index (χ4n) is 7.05. The van der Waals surface area contributed by atoms with E-state index < -0.39 is 11.7 Å². The summed E-state index contributed by atoms with van der Waals surface area (Å²) in [4.78, 5) is 0. The Hall–Kier alpha value is -4.21. The first-order valence-electron chi connectivity index (χ1n) is 19.0. The predicted molar refractivity (Wildman–Crippen MR) is 225 cm³/mol. The maximum absolute atomic E-state index is 12.6. The molecular formula is C52H47Cl2F3Zr-2. The van der Waals surface area contributed by atoms with Gasteiger partial charge < -0.3 is 24.8 Å². The average Bonchev–Trinajstić information content (AvgIpc) is 3.89. The third kappa shape index (κ3) is 11.3. The van der Waals surface area contributed by atoms with E-state index in [1.54, 1.807) is 6.07 Å². The van der Waals surface area contributed by atoms with Crippen molar-refractivity contribution in [3.63, 3.8) is 0 Å². The molecule has 0 N–H and O–H groups in total. The zero-order valence-corrected chi connectivity index (χ0v) is 37.7. The van der Waals surface area contributed by atoms with Crippen LogP contribution in [0.25, 0.3) is 33.4 Å². The monoisotopic (exact) mass is 888 g/mol. The summed E-state index contributed by atoms with van der Waals surface area (Å²) in [5, 5.41) is 0. The van der Waals surface area contributed by atoms with Crippen molar-refractivity contribution in [2.24, 2.45) is 0 Å². The Labute approximate surface area is 370 Å². The third-order valence-electron chi connectivity index (χ3n) is 9.92. The van der Waals surface area contributed by atoms with Crippen LogP contribution in [0.3, 0.4) is 0 Å². The Kier molecular flexibility index (Phi) is 15.8. The van der Waals surface area contributed by atoms with Crippen molar-refractivity contribution >= 4 is 3.21 Å². The second-order valence-corrected chi connectivity index (χ2v) is 17.4. The summed E-state index contributed by atoms with van der Waals surface area (Å²) < 4.78 is 38.8. The number of benzene rings is 6. The van der Waals surface area contributed by atoms with E-state index >= 15 is 0 Å². The van der Waals surface area contributed by atoms with Gasteiger partial charge in [-0.25, -0.2) is 12.1 Å². The van der Waals surface area contributed by atoms with Gasteiger partial charge in [-0.2, -0.15) is 18.2 Å². The molecule has 6 heteroatoms. The molecule has 7 aromatic carbocycles. The third-order valence-corrected chi connectivity index (χ3v) is 11.3. The van der Waals surface area contributed by atoms with E-state index in [4.69, 9.17) is 0 Å². The molecule has 0 spiro atoms. The molecule has 0 heterocycles. The van der Waals surface area contributed by atoms with Gasteiger partial charge in [-0.05, 0) is 39.5 Å². The summed E-state index contributed by atoms with van der Waals surface area (Å²) >= 11 is 1.09. The number of hydrogen-bond donors (Lipinski definition) is 0. The van der Waals surface area contributed by atoms with Crippen LogP contribution in [-0.2, 0) is 47.7 Å². The molecule has 1 aliphatic carbocycles. The number of halogens is 5. The second-order valence-electron chi connectivity index (χ2n) is 16.2. The normalized spacial score (nSPS) is 11.6. The van der Waals surface area contributed by atoms with Crippen molar-refractivity contribution in [1.29, 1.82) is 0 Å². The maximum Gasteiger partial charge on any atom is -0.172 e. The first kappa shape index (κ1) is 46.5. The van der Waals surface area contributed by atoms with Gasteiger partial charge in [-0.1, -0.05) is 131 Å². The molecule has 296 valence electrons. The number of hydrogen-bond acceptors (Lipinski definition) is 0. The molecule has 1 aliphatic rings. The van der Waals surface area contributed by atoms with Gasteiger partial charge in [0.25, 0.3) is 0 Å². The predicted octanol–water partition coefficient (Wildman–Crippen LogP) is 8.22. The van der Waals surface area contributed by atoms with E-state index in [0.717, 1.165) is 45.5 Å². The summed E-state index contributed by atoms with van der Waals surface area (Å²) in [5.74, 6) is 0. The first-order valence-corrected chi connectivity index (χ1v) is 20.2. The van der Waals surface area contributed by atoms with E-state index in [9.17, 15) is 13.2 Å². The Bertz CT molecular complexity index is 2260. The standard InChI is InChI=1S/C33H33.C14H9F3.C5H5.2ClH.Zr/c1-32(2,3)30-20-26-24(18-28(30)22-13-9-7-10-14-22)17-25-19-29(23-15-11-8-12-16-23)31(21-27(25)26)33(4,5)6;15-14(16,17)13-8-4-7-12(10-13)9-11-5-2-1-3-6-11;1-2-4-5-3-1;;;/h7-16,18,20-21H,17H2,1-6H3;1-8,10H;1-5H;2*1H;/q-1;;-1;;;+2/p-2. The van der Waals surface area contributed by atoms with Crippen LogP contribution in [0.15, 0.2) is 164 Å². The summed E-state index contributed by atoms with van der Waals surface area (Å²) in [7, 11) is 0. The number of rotatable bonds is 4. The van der Waals surface area contributed by atoms with Crippen LogP contribution in [0, 0.1) is 6.07 Å². The SMILES string of the molecule is CC(C)(C)c1cc2c([c-]c1-c1ccccc1)Cc1cc(-c3ccccc3)c(C(C)(C)C)cc1-2.FC(F)(F)c1cccc([C](=[Zr+2])c2ccccc2)c1.[Cl-].[Cl-].c1cc[cH-]c1. The fourth-order valence-corrected chi connectivity index (χ4v) is 7.84. The van der Waals surface area contributed by atoms with E-state index in [1.807, 2.05) is 60.7 Å². The molecule has 0 aromatic heterocycles. The quantitative estimate of drug-likeness (QED) is 0.157. The van der Waals surface area contributed by atoms with E-state index in [1.165, 1.54) is 67.8 Å². The Morgan fingerprint density at radius 3 is 1.59 bits per heavy atom. The molecule has 58 heavy (non-hydrogen) atoms. The smallest absolute Gasteiger partial charge is 0.172 e. The van der Waals surface area contributed by atoms with E-state index in [-0.39, 0.29) is 35.6 Å². The molecule has 7 aromatic rings. The summed E-state index contributed by atoms with van der Waals surface area (Å²) in [6, 6.07) is 57.8. The molecule has 0 fully saturated rings. The van der Waals surface area contributed by atoms with Crippen molar-refractivity contribution < 1.29 is 62.2 Å². The molecule has 0 nitrogen and oxygen atoms in total. The summed E-state index contributed by atoms with van der Waals surface area (Å²) in [5.41, 5.74) is 14.5. The largest absolute Gasteiger partial charge is 1.00 e. The minimum atomic E-state index is -4.29. The maximum atomic E-state index is 12.6. The molecule has 0 aliphatic heterocycles. The van der Waals surface area contributed by atoms with Gasteiger partial charge in [0.15, 0.2) is 0 Å². The van der Waals surface area contributed by atoms with Crippen LogP contribution in [0.4, 0.5) is 13.2 Å². The van der Waals surface area contributed by atoms with Crippen LogP contribution in [0.1, 0.15) is 80.5 Å². The molecule has 0 saturated heterocycles. The Morgan fingerprint density at radius 2 is 1.07 bits per heavy atom. The molecule has 0 atom stereocenters. The Morgan fingerprint density at radius 1 is 0.552 bits per heavy atom. The topological polar surface area (TPSA) is 0 Å². The van der Waals surface area contributed by atoms with Gasteiger partial charge in [0, 0.05) is 0 Å². The van der Waals surface area contributed by atoms with Crippen molar-refractivity contribution in [3.8, 4) is 33.4 Å². The molecular weight excluding hydrogens is 844 g/mol. The molecule has 0 unspecified atom stereocenters. The van der Waals surface area contributed by atoms with Crippen LogP contribution < -0.4 is 24.8 Å². The van der Waals surface area contributed by atoms with Gasteiger partial charge in [0.05, 0.1) is 0 Å². The van der Waals surface area contributed by atoms with Crippen LogP contribution in [0.2, 0.25) is 0 Å². The Balaban J connectivity index is 0.000000250. The van der Waals surface area contributed by atoms with E-state index in [0.29, 0.717) is 5.56 Å². The molecule has 0 saturated carbocycles. The zero-order chi connectivity index (χ0) is 40.1. The molecule has 0 amide bonds. The van der Waals surface area contributed by atoms with Crippen molar-refractivity contribution in [2.45, 2.75) is 65.0 Å².